The first-order valence-electron chi connectivity index (χ1n) is 7.72. The summed E-state index contributed by atoms with van der Waals surface area (Å²) < 4.78 is 0. The highest BCUT2D eigenvalue weighted by molar-refractivity contribution is 6.19. The maximum atomic E-state index is 13.0. The van der Waals surface area contributed by atoms with E-state index in [0.29, 0.717) is 5.56 Å². The van der Waals surface area contributed by atoms with Gasteiger partial charge in [-0.25, -0.2) is 4.89 Å². The lowest BCUT2D eigenvalue weighted by Gasteiger charge is -2.31. The van der Waals surface area contributed by atoms with Crippen LogP contribution in [-0.2, 0) is 4.89 Å². The summed E-state index contributed by atoms with van der Waals surface area (Å²) in [6.07, 6.45) is -1.52. The predicted molar refractivity (Wildman–Crippen MR) is 89.3 cm³/mol. The van der Waals surface area contributed by atoms with E-state index >= 15 is 0 Å². The number of hydrogen-bond acceptors (Lipinski definition) is 7. The van der Waals surface area contributed by atoms with Crippen LogP contribution in [-0.4, -0.2) is 26.4 Å². The number of rotatable bonds is 1. The third kappa shape index (κ3) is 1.92. The molecule has 1 aliphatic rings. The molecule has 4 rings (SSSR count). The number of Topliss-reactive ketones (excluding diaryl/α,β-unsaturated/α-hetero) is 1. The molecule has 4 N–H and O–H groups in total. The highest BCUT2D eigenvalue weighted by Crippen LogP contribution is 2.54. The van der Waals surface area contributed by atoms with E-state index in [4.69, 9.17) is 0 Å². The van der Waals surface area contributed by atoms with Crippen molar-refractivity contribution in [2.75, 3.05) is 0 Å². The van der Waals surface area contributed by atoms with Gasteiger partial charge >= 0.3 is 0 Å². The van der Waals surface area contributed by atoms with E-state index in [1.807, 2.05) is 0 Å². The van der Waals surface area contributed by atoms with Crippen LogP contribution in [0.25, 0.3) is 21.9 Å². The highest BCUT2D eigenvalue weighted by Gasteiger charge is 2.38. The minimum Gasteiger partial charge on any atom is -0.872 e. The van der Waals surface area contributed by atoms with Crippen molar-refractivity contribution in [2.24, 2.45) is 0 Å². The summed E-state index contributed by atoms with van der Waals surface area (Å²) in [5, 5.41) is 53.2. The standard InChI is InChI=1S/C19H14O7/c1-7-5-9-12(11(21)6-7)14-15(18(24)19(9)26-25)17(23)13-8(16(14)22)3-2-4-10(13)20/h2-6,19-23,25H,1H3/p-1. The third-order valence-electron chi connectivity index (χ3n) is 4.65. The second-order valence-corrected chi connectivity index (χ2v) is 6.23. The van der Waals surface area contributed by atoms with Gasteiger partial charge < -0.3 is 20.4 Å². The topological polar surface area (TPSA) is 130 Å². The Morgan fingerprint density at radius 1 is 1.04 bits per heavy atom. The van der Waals surface area contributed by atoms with E-state index in [-0.39, 0.29) is 39.0 Å². The predicted octanol–water partition coefficient (Wildman–Crippen LogP) is 2.73. The van der Waals surface area contributed by atoms with E-state index in [1.54, 1.807) is 6.92 Å². The van der Waals surface area contributed by atoms with Crippen LogP contribution < -0.4 is 5.11 Å². The van der Waals surface area contributed by atoms with Gasteiger partial charge in [0, 0.05) is 11.1 Å². The molecule has 1 aliphatic carbocycles. The lowest BCUT2D eigenvalue weighted by atomic mass is 9.79. The van der Waals surface area contributed by atoms with E-state index in [9.17, 15) is 30.5 Å². The molecule has 0 radical (unpaired) electrons. The van der Waals surface area contributed by atoms with Crippen molar-refractivity contribution in [3.8, 4) is 34.1 Å². The Kier molecular flexibility index (Phi) is 3.33. The molecule has 0 amide bonds. The number of phenolic OH excluding ortho intramolecular Hbond substituents is 3. The maximum Gasteiger partial charge on any atom is 0.203 e. The molecule has 7 nitrogen and oxygen atoms in total. The maximum absolute atomic E-state index is 13.0. The number of aromatic hydroxyl groups is 3. The van der Waals surface area contributed by atoms with Crippen LogP contribution in [0.1, 0.15) is 27.6 Å². The Morgan fingerprint density at radius 3 is 2.46 bits per heavy atom. The van der Waals surface area contributed by atoms with Crippen molar-refractivity contribution in [1.82, 2.24) is 0 Å². The summed E-state index contributed by atoms with van der Waals surface area (Å²) in [5.74, 6) is -2.74. The zero-order valence-electron chi connectivity index (χ0n) is 13.5. The number of ketones is 1. The summed E-state index contributed by atoms with van der Waals surface area (Å²) in [4.78, 5) is 17.1. The first-order valence-corrected chi connectivity index (χ1v) is 7.72. The highest BCUT2D eigenvalue weighted by atomic mass is 17.1. The number of carbonyl (C=O) groups is 1. The van der Waals surface area contributed by atoms with Crippen molar-refractivity contribution in [3.05, 3.63) is 47.0 Å². The molecule has 3 aromatic rings. The Morgan fingerprint density at radius 2 is 1.77 bits per heavy atom. The van der Waals surface area contributed by atoms with Gasteiger partial charge in [-0.3, -0.25) is 10.1 Å². The van der Waals surface area contributed by atoms with E-state index in [1.165, 1.54) is 30.3 Å². The van der Waals surface area contributed by atoms with Gasteiger partial charge in [-0.1, -0.05) is 23.9 Å². The summed E-state index contributed by atoms with van der Waals surface area (Å²) in [6.45, 7) is 1.67. The lowest BCUT2D eigenvalue weighted by molar-refractivity contribution is -0.268. The minimum atomic E-state index is -1.52. The van der Waals surface area contributed by atoms with Crippen LogP contribution >= 0.6 is 0 Å². The zero-order chi connectivity index (χ0) is 18.7. The molecule has 7 heteroatoms. The van der Waals surface area contributed by atoms with Gasteiger partial charge in [-0.05, 0) is 35.6 Å². The number of hydrogen-bond donors (Lipinski definition) is 4. The van der Waals surface area contributed by atoms with Gasteiger partial charge in [0.15, 0.2) is 6.10 Å². The van der Waals surface area contributed by atoms with Crippen LogP contribution in [0.15, 0.2) is 30.3 Å². The van der Waals surface area contributed by atoms with Gasteiger partial charge in [0.25, 0.3) is 0 Å². The van der Waals surface area contributed by atoms with Crippen LogP contribution in [0.4, 0.5) is 0 Å². The summed E-state index contributed by atoms with van der Waals surface area (Å²) in [7, 11) is 0. The van der Waals surface area contributed by atoms with E-state index in [0.717, 1.165) is 0 Å². The van der Waals surface area contributed by atoms with Crippen LogP contribution in [0.5, 0.6) is 23.0 Å². The smallest absolute Gasteiger partial charge is 0.203 e. The molecule has 0 saturated carbocycles. The number of carbonyl (C=O) groups excluding carboxylic acids is 1. The minimum absolute atomic E-state index is 0.00309. The molecule has 3 aromatic carbocycles. The molecular formula is C19H13O7-. The van der Waals surface area contributed by atoms with Gasteiger partial charge in [-0.2, -0.15) is 0 Å². The molecular weight excluding hydrogens is 340 g/mol. The largest absolute Gasteiger partial charge is 0.872 e. The summed E-state index contributed by atoms with van der Waals surface area (Å²) in [6, 6.07) is 7.03. The normalized spacial score (nSPS) is 15.8. The molecule has 26 heavy (non-hydrogen) atoms. The first kappa shape index (κ1) is 16.2. The summed E-state index contributed by atoms with van der Waals surface area (Å²) in [5.41, 5.74) is 0.129. The number of benzene rings is 3. The van der Waals surface area contributed by atoms with E-state index in [2.05, 4.69) is 4.89 Å². The van der Waals surface area contributed by atoms with Crippen molar-refractivity contribution in [2.45, 2.75) is 13.0 Å². The zero-order valence-corrected chi connectivity index (χ0v) is 13.5. The number of phenols is 3. The van der Waals surface area contributed by atoms with Gasteiger partial charge in [-0.15, -0.1) is 0 Å². The van der Waals surface area contributed by atoms with Gasteiger partial charge in [0.1, 0.15) is 17.2 Å². The Balaban J connectivity index is 2.25. The molecule has 1 atom stereocenters. The van der Waals surface area contributed by atoms with Crippen molar-refractivity contribution >= 4 is 16.6 Å². The fourth-order valence-electron chi connectivity index (χ4n) is 3.60. The van der Waals surface area contributed by atoms with Crippen molar-refractivity contribution in [3.63, 3.8) is 0 Å². The third-order valence-corrected chi connectivity index (χ3v) is 4.65. The van der Waals surface area contributed by atoms with Crippen LogP contribution in [0, 0.1) is 6.92 Å². The van der Waals surface area contributed by atoms with Gasteiger partial charge in [0.05, 0.1) is 10.9 Å². The molecule has 0 aliphatic heterocycles. The Labute approximate surface area is 146 Å². The monoisotopic (exact) mass is 353 g/mol. The average molecular weight is 353 g/mol. The first-order chi connectivity index (χ1) is 12.4. The molecule has 0 aromatic heterocycles. The second-order valence-electron chi connectivity index (χ2n) is 6.23. The molecule has 0 fully saturated rings. The molecule has 0 heterocycles. The fourth-order valence-corrected chi connectivity index (χ4v) is 3.60. The number of aryl methyl sites for hydroxylation is 1. The average Bonchev–Trinajstić information content (AvgIpc) is 2.58. The molecule has 132 valence electrons. The van der Waals surface area contributed by atoms with Crippen LogP contribution in [0.2, 0.25) is 0 Å². The van der Waals surface area contributed by atoms with Crippen molar-refractivity contribution < 1.29 is 35.4 Å². The molecule has 1 unspecified atom stereocenters. The van der Waals surface area contributed by atoms with Gasteiger partial charge in [0.2, 0.25) is 5.78 Å². The molecule has 0 bridgehead atoms. The van der Waals surface area contributed by atoms with Crippen LogP contribution in [0.3, 0.4) is 0 Å². The quantitative estimate of drug-likeness (QED) is 0.391. The van der Waals surface area contributed by atoms with E-state index < -0.39 is 28.9 Å². The second kappa shape index (κ2) is 5.35. The number of fused-ring (bicyclic) bond motifs is 4. The molecule has 0 saturated heterocycles. The fraction of sp³-hybridized carbons (Fsp3) is 0.105. The molecule has 0 spiro atoms. The SMILES string of the molecule is Cc1cc(O)c2c(c1)C(OO)C(=O)c1c-2c([O-])c2cccc(O)c2c1O. The Hall–Kier alpha value is -3.29. The summed E-state index contributed by atoms with van der Waals surface area (Å²) >= 11 is 0. The Bertz CT molecular complexity index is 1100. The van der Waals surface area contributed by atoms with Crippen molar-refractivity contribution in [1.29, 1.82) is 0 Å². The lowest BCUT2D eigenvalue weighted by Crippen LogP contribution is -2.22.